The number of hydrogen-bond donors (Lipinski definition) is 1. The molecule has 2 unspecified atom stereocenters. The molecule has 2 nitrogen and oxygen atoms in total. The van der Waals surface area contributed by atoms with Crippen molar-refractivity contribution in [1.82, 2.24) is 10.3 Å². The molecule has 1 saturated heterocycles. The van der Waals surface area contributed by atoms with E-state index in [4.69, 9.17) is 4.98 Å². The van der Waals surface area contributed by atoms with Crippen molar-refractivity contribution in [1.29, 1.82) is 0 Å². The van der Waals surface area contributed by atoms with E-state index in [0.717, 1.165) is 17.9 Å². The van der Waals surface area contributed by atoms with Gasteiger partial charge in [0, 0.05) is 18.2 Å². The van der Waals surface area contributed by atoms with Crippen LogP contribution in [0.2, 0.25) is 0 Å². The minimum absolute atomic E-state index is 0.659. The molecule has 0 saturated carbocycles. The van der Waals surface area contributed by atoms with Crippen LogP contribution in [0.4, 0.5) is 0 Å². The Labute approximate surface area is 110 Å². The molecule has 0 bridgehead atoms. The predicted octanol–water partition coefficient (Wildman–Crippen LogP) is 2.79. The largest absolute Gasteiger partial charge is 0.316 e. The average Bonchev–Trinajstić information content (AvgIpc) is 2.94. The van der Waals surface area contributed by atoms with Crippen molar-refractivity contribution < 1.29 is 0 Å². The first-order valence-electron chi connectivity index (χ1n) is 5.96. The zero-order valence-electron chi connectivity index (χ0n) is 9.85. The van der Waals surface area contributed by atoms with E-state index >= 15 is 0 Å². The Bertz CT molecular complexity index is 476. The predicted molar refractivity (Wildman–Crippen MR) is 77.0 cm³/mol. The Morgan fingerprint density at radius 2 is 2.24 bits per heavy atom. The molecule has 4 heteroatoms. The second-order valence-electron chi connectivity index (χ2n) is 4.47. The summed E-state index contributed by atoms with van der Waals surface area (Å²) < 4.78 is 1.31. The van der Waals surface area contributed by atoms with Gasteiger partial charge in [-0.25, -0.2) is 4.98 Å². The van der Waals surface area contributed by atoms with Crippen LogP contribution in [0, 0.1) is 5.92 Å². The molecule has 3 rings (SSSR count). The van der Waals surface area contributed by atoms with Crippen LogP contribution in [-0.2, 0) is 6.42 Å². The second-order valence-corrected chi connectivity index (χ2v) is 6.66. The molecule has 1 aliphatic rings. The summed E-state index contributed by atoms with van der Waals surface area (Å²) in [5, 5.41) is 4.71. The van der Waals surface area contributed by atoms with Gasteiger partial charge in [-0.05, 0) is 30.9 Å². The van der Waals surface area contributed by atoms with Gasteiger partial charge in [0.2, 0.25) is 0 Å². The van der Waals surface area contributed by atoms with Crippen molar-refractivity contribution in [2.24, 2.45) is 5.92 Å². The SMILES string of the molecule is CNC1CSCC1Cc1nc2ccccc2s1. The van der Waals surface area contributed by atoms with Crippen LogP contribution in [0.3, 0.4) is 0 Å². The maximum absolute atomic E-state index is 4.73. The summed E-state index contributed by atoms with van der Waals surface area (Å²) in [5.41, 5.74) is 1.15. The quantitative estimate of drug-likeness (QED) is 0.923. The van der Waals surface area contributed by atoms with Crippen LogP contribution in [0.15, 0.2) is 24.3 Å². The fraction of sp³-hybridized carbons (Fsp3) is 0.462. The Morgan fingerprint density at radius 3 is 3.06 bits per heavy atom. The zero-order chi connectivity index (χ0) is 11.7. The molecule has 0 radical (unpaired) electrons. The molecule has 1 aromatic heterocycles. The third-order valence-electron chi connectivity index (χ3n) is 3.34. The Hall–Kier alpha value is -0.580. The fourth-order valence-electron chi connectivity index (χ4n) is 2.35. The fourth-order valence-corrected chi connectivity index (χ4v) is 4.89. The molecule has 0 aliphatic carbocycles. The van der Waals surface area contributed by atoms with Crippen molar-refractivity contribution in [3.63, 3.8) is 0 Å². The molecule has 2 atom stereocenters. The van der Waals surface area contributed by atoms with Gasteiger partial charge in [-0.1, -0.05) is 12.1 Å². The van der Waals surface area contributed by atoms with Crippen molar-refractivity contribution in [2.75, 3.05) is 18.6 Å². The monoisotopic (exact) mass is 264 g/mol. The molecule has 1 fully saturated rings. The molecule has 1 N–H and O–H groups in total. The van der Waals surface area contributed by atoms with Gasteiger partial charge < -0.3 is 5.32 Å². The van der Waals surface area contributed by atoms with Gasteiger partial charge in [0.25, 0.3) is 0 Å². The van der Waals surface area contributed by atoms with Crippen LogP contribution in [0.5, 0.6) is 0 Å². The number of thioether (sulfide) groups is 1. The van der Waals surface area contributed by atoms with Crippen LogP contribution in [-0.4, -0.2) is 29.6 Å². The third kappa shape index (κ3) is 2.34. The smallest absolute Gasteiger partial charge is 0.0942 e. The van der Waals surface area contributed by atoms with Crippen LogP contribution in [0.1, 0.15) is 5.01 Å². The van der Waals surface area contributed by atoms with Crippen LogP contribution >= 0.6 is 23.1 Å². The second kappa shape index (κ2) is 4.96. The highest BCUT2D eigenvalue weighted by Gasteiger charge is 2.27. The summed E-state index contributed by atoms with van der Waals surface area (Å²) >= 11 is 3.90. The highest BCUT2D eigenvalue weighted by atomic mass is 32.2. The van der Waals surface area contributed by atoms with Crippen molar-refractivity contribution in [3.8, 4) is 0 Å². The van der Waals surface area contributed by atoms with Crippen LogP contribution < -0.4 is 5.32 Å². The molecule has 2 heterocycles. The van der Waals surface area contributed by atoms with Crippen molar-refractivity contribution in [3.05, 3.63) is 29.3 Å². The van der Waals surface area contributed by atoms with Gasteiger partial charge in [-0.2, -0.15) is 11.8 Å². The van der Waals surface area contributed by atoms with Gasteiger partial charge in [-0.15, -0.1) is 11.3 Å². The van der Waals surface area contributed by atoms with E-state index in [1.165, 1.54) is 21.2 Å². The van der Waals surface area contributed by atoms with Gasteiger partial charge in [0.1, 0.15) is 0 Å². The standard InChI is InChI=1S/C13H16N2S2/c1-14-11-8-16-7-9(11)6-13-15-10-4-2-3-5-12(10)17-13/h2-5,9,11,14H,6-8H2,1H3. The molecular weight excluding hydrogens is 248 g/mol. The van der Waals surface area contributed by atoms with E-state index in [1.807, 2.05) is 11.3 Å². The van der Waals surface area contributed by atoms with Crippen molar-refractivity contribution >= 4 is 33.3 Å². The zero-order valence-corrected chi connectivity index (χ0v) is 11.5. The summed E-state index contributed by atoms with van der Waals surface area (Å²) in [6, 6.07) is 9.08. The highest BCUT2D eigenvalue weighted by molar-refractivity contribution is 7.99. The molecule has 1 aromatic carbocycles. The van der Waals surface area contributed by atoms with Gasteiger partial charge >= 0.3 is 0 Å². The summed E-state index contributed by atoms with van der Waals surface area (Å²) in [5.74, 6) is 3.25. The molecular formula is C13H16N2S2. The summed E-state index contributed by atoms with van der Waals surface area (Å²) in [4.78, 5) is 4.73. The maximum atomic E-state index is 4.73. The number of para-hydroxylation sites is 1. The number of thiazole rings is 1. The summed E-state index contributed by atoms with van der Waals surface area (Å²) in [6.07, 6.45) is 1.12. The summed E-state index contributed by atoms with van der Waals surface area (Å²) in [6.45, 7) is 0. The topological polar surface area (TPSA) is 24.9 Å². The van der Waals surface area contributed by atoms with Crippen molar-refractivity contribution in [2.45, 2.75) is 12.5 Å². The minimum atomic E-state index is 0.659. The molecule has 90 valence electrons. The lowest BCUT2D eigenvalue weighted by molar-refractivity contribution is 0.453. The van der Waals surface area contributed by atoms with E-state index in [2.05, 4.69) is 48.4 Å². The number of fused-ring (bicyclic) bond motifs is 1. The highest BCUT2D eigenvalue weighted by Crippen LogP contribution is 2.30. The first-order valence-corrected chi connectivity index (χ1v) is 7.93. The first-order chi connectivity index (χ1) is 8.36. The van der Waals surface area contributed by atoms with E-state index in [0.29, 0.717) is 6.04 Å². The Kier molecular flexibility index (Phi) is 3.36. The molecule has 0 spiro atoms. The van der Waals surface area contributed by atoms with E-state index in [1.54, 1.807) is 0 Å². The third-order valence-corrected chi connectivity index (χ3v) is 5.66. The number of nitrogens with one attached hydrogen (secondary N) is 1. The minimum Gasteiger partial charge on any atom is -0.316 e. The average molecular weight is 264 g/mol. The maximum Gasteiger partial charge on any atom is 0.0942 e. The lowest BCUT2D eigenvalue weighted by Gasteiger charge is -2.16. The lowest BCUT2D eigenvalue weighted by Crippen LogP contribution is -2.33. The molecule has 17 heavy (non-hydrogen) atoms. The summed E-state index contributed by atoms with van der Waals surface area (Å²) in [7, 11) is 2.07. The Balaban J connectivity index is 1.80. The molecule has 0 amide bonds. The number of rotatable bonds is 3. The number of nitrogens with zero attached hydrogens (tertiary/aromatic N) is 1. The van der Waals surface area contributed by atoms with Gasteiger partial charge in [0.15, 0.2) is 0 Å². The van der Waals surface area contributed by atoms with Gasteiger partial charge in [-0.3, -0.25) is 0 Å². The lowest BCUT2D eigenvalue weighted by atomic mass is 10.0. The van der Waals surface area contributed by atoms with E-state index in [-0.39, 0.29) is 0 Å². The molecule has 1 aliphatic heterocycles. The van der Waals surface area contributed by atoms with Crippen LogP contribution in [0.25, 0.3) is 10.2 Å². The normalized spacial score (nSPS) is 24.5. The molecule has 2 aromatic rings. The van der Waals surface area contributed by atoms with Gasteiger partial charge in [0.05, 0.1) is 15.2 Å². The first kappa shape index (κ1) is 11.5. The number of benzene rings is 1. The number of aromatic nitrogens is 1. The Morgan fingerprint density at radius 1 is 1.35 bits per heavy atom. The number of hydrogen-bond acceptors (Lipinski definition) is 4. The van der Waals surface area contributed by atoms with E-state index < -0.39 is 0 Å². The van der Waals surface area contributed by atoms with E-state index in [9.17, 15) is 0 Å².